The van der Waals surface area contributed by atoms with Crippen molar-refractivity contribution in [2.24, 2.45) is 0 Å². The highest BCUT2D eigenvalue weighted by molar-refractivity contribution is 7.99. The Morgan fingerprint density at radius 2 is 1.26 bits per heavy atom. The summed E-state index contributed by atoms with van der Waals surface area (Å²) < 4.78 is 5.55. The van der Waals surface area contributed by atoms with Gasteiger partial charge in [-0.2, -0.15) is 23.5 Å². The minimum Gasteiger partial charge on any atom is -0.444 e. The first-order chi connectivity index (χ1) is 12.8. The number of nitrogens with zero attached hydrogens (tertiary/aromatic N) is 2. The lowest BCUT2D eigenvalue weighted by atomic mass is 10.2. The van der Waals surface area contributed by atoms with E-state index in [0.717, 1.165) is 74.9 Å². The van der Waals surface area contributed by atoms with Crippen LogP contribution in [0.25, 0.3) is 0 Å². The summed E-state index contributed by atoms with van der Waals surface area (Å²) in [7, 11) is 0. The molecule has 0 atom stereocenters. The molecule has 1 aliphatic rings. The fraction of sp³-hybridized carbons (Fsp3) is 0.895. The molecule has 27 heavy (non-hydrogen) atoms. The number of thioether (sulfide) groups is 2. The summed E-state index contributed by atoms with van der Waals surface area (Å²) in [5.74, 6) is 4.18. The molecule has 0 aliphatic carbocycles. The van der Waals surface area contributed by atoms with Crippen molar-refractivity contribution >= 4 is 47.1 Å². The fourth-order valence-electron chi connectivity index (χ4n) is 2.70. The van der Waals surface area contributed by atoms with Gasteiger partial charge in [0.2, 0.25) is 5.91 Å². The van der Waals surface area contributed by atoms with E-state index < -0.39 is 5.60 Å². The average molecular weight is 439 g/mol. The second kappa shape index (κ2) is 13.8. The molecule has 1 aliphatic heterocycles. The number of hydrogen-bond acceptors (Lipinski definition) is 5. The van der Waals surface area contributed by atoms with Gasteiger partial charge in [0.1, 0.15) is 11.5 Å². The van der Waals surface area contributed by atoms with E-state index in [1.807, 2.05) is 54.1 Å². The Morgan fingerprint density at radius 3 is 1.63 bits per heavy atom. The summed E-state index contributed by atoms with van der Waals surface area (Å²) in [6.07, 6.45) is 3.68. The van der Waals surface area contributed by atoms with Gasteiger partial charge < -0.3 is 14.5 Å². The van der Waals surface area contributed by atoms with Gasteiger partial charge >= 0.3 is 6.09 Å². The maximum atomic E-state index is 12.4. The van der Waals surface area contributed by atoms with Crippen molar-refractivity contribution in [3.8, 4) is 0 Å². The Hall–Kier alpha value is -0.270. The molecule has 0 saturated carbocycles. The smallest absolute Gasteiger partial charge is 0.410 e. The van der Waals surface area contributed by atoms with Gasteiger partial charge in [0.25, 0.3) is 0 Å². The molecule has 0 aromatic carbocycles. The van der Waals surface area contributed by atoms with Crippen molar-refractivity contribution in [2.45, 2.75) is 52.1 Å². The van der Waals surface area contributed by atoms with Gasteiger partial charge in [-0.05, 0) is 69.5 Å². The number of hydrogen-bond donors (Lipinski definition) is 0. The van der Waals surface area contributed by atoms with Gasteiger partial charge in [-0.15, -0.1) is 11.6 Å². The molecular weight excluding hydrogens is 404 g/mol. The zero-order valence-electron chi connectivity index (χ0n) is 17.0. The maximum absolute atomic E-state index is 12.4. The van der Waals surface area contributed by atoms with Gasteiger partial charge in [-0.1, -0.05) is 0 Å². The summed E-state index contributed by atoms with van der Waals surface area (Å²) in [4.78, 5) is 28.1. The molecule has 5 nitrogen and oxygen atoms in total. The molecule has 0 bridgehead atoms. The van der Waals surface area contributed by atoms with Crippen molar-refractivity contribution < 1.29 is 14.3 Å². The number of amides is 2. The van der Waals surface area contributed by atoms with Gasteiger partial charge in [0.05, 0.1) is 0 Å². The third-order valence-electron chi connectivity index (χ3n) is 3.99. The summed E-state index contributed by atoms with van der Waals surface area (Å²) in [6.45, 7) is 8.77. The molecule has 0 radical (unpaired) electrons. The lowest BCUT2D eigenvalue weighted by Crippen LogP contribution is -2.38. The Balaban J connectivity index is 2.51. The van der Waals surface area contributed by atoms with E-state index in [2.05, 4.69) is 0 Å². The summed E-state index contributed by atoms with van der Waals surface area (Å²) in [5, 5.41) is 0. The first-order valence-corrected chi connectivity index (χ1v) is 12.6. The van der Waals surface area contributed by atoms with Crippen LogP contribution in [0.1, 0.15) is 46.5 Å². The van der Waals surface area contributed by atoms with Crippen LogP contribution < -0.4 is 0 Å². The van der Waals surface area contributed by atoms with E-state index in [4.69, 9.17) is 16.3 Å². The lowest BCUT2D eigenvalue weighted by molar-refractivity contribution is -0.128. The molecule has 2 amide bonds. The van der Waals surface area contributed by atoms with Gasteiger partial charge in [0, 0.05) is 26.2 Å². The molecule has 1 fully saturated rings. The highest BCUT2D eigenvalue weighted by atomic mass is 35.5. The summed E-state index contributed by atoms with van der Waals surface area (Å²) in [6, 6.07) is 0. The predicted octanol–water partition coefficient (Wildman–Crippen LogP) is 4.33. The van der Waals surface area contributed by atoms with Crippen molar-refractivity contribution in [1.82, 2.24) is 9.80 Å². The minimum atomic E-state index is -0.456. The zero-order chi connectivity index (χ0) is 20.1. The third-order valence-corrected chi connectivity index (χ3v) is 6.52. The largest absolute Gasteiger partial charge is 0.444 e. The first kappa shape index (κ1) is 24.8. The van der Waals surface area contributed by atoms with Crippen LogP contribution in [0, 0.1) is 0 Å². The Labute approximate surface area is 178 Å². The number of rotatable bonds is 1. The van der Waals surface area contributed by atoms with E-state index in [-0.39, 0.29) is 17.9 Å². The van der Waals surface area contributed by atoms with E-state index in [9.17, 15) is 9.59 Å². The Morgan fingerprint density at radius 1 is 0.852 bits per heavy atom. The number of ether oxygens (including phenoxy) is 1. The van der Waals surface area contributed by atoms with Gasteiger partial charge in [-0.3, -0.25) is 4.79 Å². The minimum absolute atomic E-state index is 0.0424. The molecule has 0 aromatic heterocycles. The topological polar surface area (TPSA) is 49.9 Å². The monoisotopic (exact) mass is 438 g/mol. The standard InChI is InChI=1S/C19H35ClN2O3S2/c1-19(2,3)25-18(24)22-10-6-14-26-12-4-8-21(17(23)16-20)9-5-13-27-15-7-11-22/h4-16H2,1-3H3. The number of carbonyl (C=O) groups is 2. The fourth-order valence-corrected chi connectivity index (χ4v) is 4.61. The summed E-state index contributed by atoms with van der Waals surface area (Å²) >= 11 is 9.50. The third kappa shape index (κ3) is 12.0. The van der Waals surface area contributed by atoms with Crippen molar-refractivity contribution in [3.05, 3.63) is 0 Å². The number of carbonyl (C=O) groups excluding carboxylic acids is 2. The van der Waals surface area contributed by atoms with Crippen molar-refractivity contribution in [2.75, 3.05) is 55.1 Å². The van der Waals surface area contributed by atoms with Crippen molar-refractivity contribution in [1.29, 1.82) is 0 Å². The molecule has 1 rings (SSSR count). The molecular formula is C19H35ClN2O3S2. The van der Waals surface area contributed by atoms with Gasteiger partial charge in [-0.25, -0.2) is 4.79 Å². The van der Waals surface area contributed by atoms with Gasteiger partial charge in [0.15, 0.2) is 0 Å². The lowest BCUT2D eigenvalue weighted by Gasteiger charge is -2.27. The average Bonchev–Trinajstić information content (AvgIpc) is 2.59. The molecule has 0 N–H and O–H groups in total. The summed E-state index contributed by atoms with van der Waals surface area (Å²) in [5.41, 5.74) is -0.456. The molecule has 0 unspecified atom stereocenters. The van der Waals surface area contributed by atoms with Crippen LogP contribution in [-0.2, 0) is 9.53 Å². The highest BCUT2D eigenvalue weighted by Gasteiger charge is 2.21. The van der Waals surface area contributed by atoms with Crippen LogP contribution in [0.3, 0.4) is 0 Å². The first-order valence-electron chi connectivity index (χ1n) is 9.80. The van der Waals surface area contributed by atoms with Crippen LogP contribution in [0.4, 0.5) is 4.79 Å². The molecule has 158 valence electrons. The molecule has 1 saturated heterocycles. The molecule has 0 spiro atoms. The van der Waals surface area contributed by atoms with E-state index in [0.29, 0.717) is 0 Å². The second-order valence-corrected chi connectivity index (χ2v) is 10.3. The van der Waals surface area contributed by atoms with Crippen LogP contribution in [-0.4, -0.2) is 82.5 Å². The number of alkyl halides is 1. The predicted molar refractivity (Wildman–Crippen MR) is 118 cm³/mol. The Bertz CT molecular complexity index is 429. The molecule has 0 aromatic rings. The van der Waals surface area contributed by atoms with Crippen molar-refractivity contribution in [3.63, 3.8) is 0 Å². The van der Waals surface area contributed by atoms with Crippen LogP contribution in [0.2, 0.25) is 0 Å². The molecule has 8 heteroatoms. The van der Waals surface area contributed by atoms with E-state index in [1.54, 1.807) is 0 Å². The zero-order valence-corrected chi connectivity index (χ0v) is 19.4. The van der Waals surface area contributed by atoms with E-state index >= 15 is 0 Å². The Kier molecular flexibility index (Phi) is 12.7. The second-order valence-electron chi connectivity index (χ2n) is 7.62. The highest BCUT2D eigenvalue weighted by Crippen LogP contribution is 2.14. The maximum Gasteiger partial charge on any atom is 0.410 e. The van der Waals surface area contributed by atoms with E-state index in [1.165, 1.54) is 0 Å². The SMILES string of the molecule is CC(C)(C)OC(=O)N1CCCSCCCN(C(=O)CCl)CCCSCCC1. The van der Waals surface area contributed by atoms with Crippen LogP contribution in [0.5, 0.6) is 0 Å². The number of halogens is 1. The van der Waals surface area contributed by atoms with Crippen LogP contribution in [0.15, 0.2) is 0 Å². The normalized spacial score (nSPS) is 19.6. The molecule has 1 heterocycles. The van der Waals surface area contributed by atoms with Crippen LogP contribution >= 0.6 is 35.1 Å². The quantitative estimate of drug-likeness (QED) is 0.570.